The fourth-order valence-corrected chi connectivity index (χ4v) is 2.21. The van der Waals surface area contributed by atoms with Crippen molar-refractivity contribution in [2.45, 2.75) is 24.2 Å². The lowest BCUT2D eigenvalue weighted by molar-refractivity contribution is -0.343. The summed E-state index contributed by atoms with van der Waals surface area (Å²) >= 11 is 0. The summed E-state index contributed by atoms with van der Waals surface area (Å²) in [6.07, 6.45) is -5.11. The molecule has 1 aromatic heterocycles. The molecular formula is C16H8F8N2O. The van der Waals surface area contributed by atoms with E-state index >= 15 is 0 Å². The number of nitrogens with one attached hydrogen (secondary N) is 1. The lowest BCUT2D eigenvalue weighted by atomic mass is 9.93. The zero-order valence-electron chi connectivity index (χ0n) is 12.9. The van der Waals surface area contributed by atoms with Crippen LogP contribution >= 0.6 is 0 Å². The molecule has 1 N–H and O–H groups in total. The summed E-state index contributed by atoms with van der Waals surface area (Å²) in [7, 11) is 0. The van der Waals surface area contributed by atoms with Gasteiger partial charge in [0.05, 0.1) is 5.56 Å². The second-order valence-corrected chi connectivity index (χ2v) is 5.35. The predicted molar refractivity (Wildman–Crippen MR) is 77.0 cm³/mol. The van der Waals surface area contributed by atoms with E-state index in [1.54, 1.807) is 0 Å². The predicted octanol–water partition coefficient (Wildman–Crippen LogP) is 4.54. The summed E-state index contributed by atoms with van der Waals surface area (Å²) in [4.78, 5) is 13.8. The largest absolute Gasteiger partial charge is 0.382 e. The van der Waals surface area contributed by atoms with Crippen LogP contribution in [0.2, 0.25) is 0 Å². The van der Waals surface area contributed by atoms with E-state index in [-0.39, 0.29) is 11.6 Å². The van der Waals surface area contributed by atoms with Crippen LogP contribution in [0.3, 0.4) is 0 Å². The number of nitriles is 1. The summed E-state index contributed by atoms with van der Waals surface area (Å²) in [6, 6.07) is 7.92. The Labute approximate surface area is 145 Å². The van der Waals surface area contributed by atoms with Gasteiger partial charge in [-0.25, -0.2) is 8.78 Å². The second-order valence-electron chi connectivity index (χ2n) is 5.35. The van der Waals surface area contributed by atoms with Crippen LogP contribution in [0.5, 0.6) is 0 Å². The molecule has 11 heteroatoms. The van der Waals surface area contributed by atoms with Gasteiger partial charge in [-0.1, -0.05) is 30.3 Å². The fourth-order valence-electron chi connectivity index (χ4n) is 2.21. The summed E-state index contributed by atoms with van der Waals surface area (Å²) in [5, 5.41) is 8.82. The van der Waals surface area contributed by atoms with Crippen LogP contribution in [-0.4, -0.2) is 23.3 Å². The van der Waals surface area contributed by atoms with Crippen molar-refractivity contribution in [3.8, 4) is 17.3 Å². The van der Waals surface area contributed by atoms with Crippen molar-refractivity contribution in [1.29, 1.82) is 5.26 Å². The first kappa shape index (κ1) is 20.4. The van der Waals surface area contributed by atoms with E-state index in [9.17, 15) is 39.9 Å². The van der Waals surface area contributed by atoms with Gasteiger partial charge in [-0.15, -0.1) is 0 Å². The molecule has 0 aliphatic heterocycles. The van der Waals surface area contributed by atoms with Crippen molar-refractivity contribution in [3.05, 3.63) is 57.9 Å². The Morgan fingerprint density at radius 3 is 2.04 bits per heavy atom. The number of aromatic amines is 1. The molecule has 27 heavy (non-hydrogen) atoms. The highest BCUT2D eigenvalue weighted by atomic mass is 19.4. The Kier molecular flexibility index (Phi) is 5.05. The number of nitrogens with zero attached hydrogens (tertiary/aromatic N) is 1. The van der Waals surface area contributed by atoms with Gasteiger partial charge in [-0.2, -0.15) is 31.6 Å². The normalized spacial score (nSPS) is 12.9. The smallest absolute Gasteiger partial charge is 0.321 e. The van der Waals surface area contributed by atoms with Crippen LogP contribution < -0.4 is 5.56 Å². The monoisotopic (exact) mass is 396 g/mol. The molecule has 0 fully saturated rings. The van der Waals surface area contributed by atoms with Crippen molar-refractivity contribution >= 4 is 0 Å². The lowest BCUT2D eigenvalue weighted by Crippen LogP contribution is -2.56. The third-order valence-electron chi connectivity index (χ3n) is 3.66. The quantitative estimate of drug-likeness (QED) is 0.755. The highest BCUT2D eigenvalue weighted by Crippen LogP contribution is 2.53. The first-order chi connectivity index (χ1) is 12.4. The minimum absolute atomic E-state index is 0.0278. The molecule has 1 heterocycles. The molecule has 0 aliphatic rings. The maximum atomic E-state index is 14.2. The molecule has 0 saturated heterocycles. The number of aromatic nitrogens is 1. The Morgan fingerprint density at radius 2 is 1.56 bits per heavy atom. The first-order valence-electron chi connectivity index (χ1n) is 7.02. The molecule has 3 nitrogen and oxygen atoms in total. The maximum absolute atomic E-state index is 14.2. The van der Waals surface area contributed by atoms with E-state index in [4.69, 9.17) is 5.26 Å². The van der Waals surface area contributed by atoms with Crippen molar-refractivity contribution < 1.29 is 35.1 Å². The molecule has 0 atom stereocenters. The van der Waals surface area contributed by atoms with Crippen LogP contribution in [0, 0.1) is 11.3 Å². The van der Waals surface area contributed by atoms with Gasteiger partial charge in [0, 0.05) is 5.69 Å². The van der Waals surface area contributed by atoms with Gasteiger partial charge in [0.25, 0.3) is 5.56 Å². The molecule has 2 aromatic rings. The van der Waals surface area contributed by atoms with Gasteiger partial charge in [-0.05, 0) is 11.6 Å². The zero-order chi connectivity index (χ0) is 20.6. The van der Waals surface area contributed by atoms with E-state index < -0.39 is 46.6 Å². The van der Waals surface area contributed by atoms with E-state index in [1.807, 2.05) is 4.98 Å². The SMILES string of the molecule is N#Cc1c(C(F)(F)C(F)(F)C(F)(F)C(F)F)cc(-c2ccccc2)[nH]c1=O. The van der Waals surface area contributed by atoms with Gasteiger partial charge in [-0.3, -0.25) is 4.79 Å². The average molecular weight is 396 g/mol. The van der Waals surface area contributed by atoms with Crippen molar-refractivity contribution in [2.75, 3.05) is 0 Å². The maximum Gasteiger partial charge on any atom is 0.382 e. The summed E-state index contributed by atoms with van der Waals surface area (Å²) in [6.45, 7) is 0. The molecule has 0 aliphatic carbocycles. The molecule has 1 aromatic carbocycles. The van der Waals surface area contributed by atoms with E-state index in [0.717, 1.165) is 6.07 Å². The fraction of sp³-hybridized carbons (Fsp3) is 0.250. The molecule has 0 spiro atoms. The van der Waals surface area contributed by atoms with Gasteiger partial charge in [0.2, 0.25) is 0 Å². The van der Waals surface area contributed by atoms with Gasteiger partial charge >= 0.3 is 24.2 Å². The number of hydrogen-bond acceptors (Lipinski definition) is 2. The van der Waals surface area contributed by atoms with Crippen LogP contribution in [0.15, 0.2) is 41.2 Å². The van der Waals surface area contributed by atoms with Crippen molar-refractivity contribution in [3.63, 3.8) is 0 Å². The minimum Gasteiger partial charge on any atom is -0.321 e. The molecule has 144 valence electrons. The molecule has 0 bridgehead atoms. The van der Waals surface area contributed by atoms with Crippen LogP contribution in [-0.2, 0) is 5.92 Å². The number of rotatable bonds is 5. The molecule has 0 unspecified atom stereocenters. The lowest BCUT2D eigenvalue weighted by Gasteiger charge is -2.32. The van der Waals surface area contributed by atoms with Crippen LogP contribution in [0.25, 0.3) is 11.3 Å². The first-order valence-corrected chi connectivity index (χ1v) is 7.02. The Morgan fingerprint density at radius 1 is 1.00 bits per heavy atom. The summed E-state index contributed by atoms with van der Waals surface area (Å²) in [5.74, 6) is -18.9. The molecule has 2 rings (SSSR count). The van der Waals surface area contributed by atoms with Crippen molar-refractivity contribution in [2.24, 2.45) is 0 Å². The van der Waals surface area contributed by atoms with E-state index in [2.05, 4.69) is 0 Å². The Balaban J connectivity index is 2.78. The highest BCUT2D eigenvalue weighted by molar-refractivity contribution is 5.61. The molecule has 0 radical (unpaired) electrons. The molecule has 0 saturated carbocycles. The van der Waals surface area contributed by atoms with E-state index in [0.29, 0.717) is 0 Å². The molecule has 0 amide bonds. The number of H-pyrrole nitrogens is 1. The Hall–Kier alpha value is -2.90. The van der Waals surface area contributed by atoms with Gasteiger partial charge in [0.15, 0.2) is 0 Å². The Bertz CT molecular complexity index is 932. The number of alkyl halides is 8. The third-order valence-corrected chi connectivity index (χ3v) is 3.66. The third kappa shape index (κ3) is 3.15. The minimum atomic E-state index is -6.58. The standard InChI is InChI=1S/C16H8F8N2O/c17-13(18)15(21,22)16(23,24)14(19,20)10-6-11(8-4-2-1-3-5-8)26-12(27)9(10)7-25/h1-6,13H,(H,26,27). The number of hydrogen-bond donors (Lipinski definition) is 1. The van der Waals surface area contributed by atoms with Gasteiger partial charge in [0.1, 0.15) is 11.6 Å². The van der Waals surface area contributed by atoms with E-state index in [1.165, 1.54) is 30.3 Å². The molecular weight excluding hydrogens is 388 g/mol. The van der Waals surface area contributed by atoms with Gasteiger partial charge < -0.3 is 4.98 Å². The average Bonchev–Trinajstić information content (AvgIpc) is 2.61. The summed E-state index contributed by atoms with van der Waals surface area (Å²) in [5.41, 5.74) is -5.71. The van der Waals surface area contributed by atoms with Crippen molar-refractivity contribution in [1.82, 2.24) is 4.98 Å². The number of pyridine rings is 1. The topological polar surface area (TPSA) is 56.6 Å². The number of benzene rings is 1. The number of halogens is 8. The highest BCUT2D eigenvalue weighted by Gasteiger charge is 2.76. The second kappa shape index (κ2) is 6.68. The van der Waals surface area contributed by atoms with Crippen LogP contribution in [0.4, 0.5) is 35.1 Å². The zero-order valence-corrected chi connectivity index (χ0v) is 12.9. The summed E-state index contributed by atoms with van der Waals surface area (Å²) < 4.78 is 107. The van der Waals surface area contributed by atoms with Crippen LogP contribution in [0.1, 0.15) is 11.1 Å².